The number of hydrogen-bond acceptors (Lipinski definition) is 1. The third-order valence-corrected chi connectivity index (χ3v) is 17.8. The Hall–Kier alpha value is -0.990. The number of halogens is 4. The van der Waals surface area contributed by atoms with Crippen molar-refractivity contribution in [2.75, 3.05) is 6.16 Å². The van der Waals surface area contributed by atoms with Gasteiger partial charge in [-0.15, -0.1) is 0 Å². The molecule has 0 N–H and O–H groups in total. The molecule has 0 aliphatic carbocycles. The van der Waals surface area contributed by atoms with Crippen LogP contribution in [-0.2, 0) is 0 Å². The standard InChI is InChI=1S/C27H23BrCl3PS/c1-20(33-27-5-3-2-4-6-27)19-32(28,24-13-7-21(29)8-14-24,25-15-9-22(30)10-16-25)26-17-11-23(31)12-18-26/h2-18,20H,19H2,1H3. The predicted octanol–water partition coefficient (Wildman–Crippen LogP) is 8.97. The van der Waals surface area contributed by atoms with Crippen molar-refractivity contribution < 1.29 is 0 Å². The third kappa shape index (κ3) is 5.18. The van der Waals surface area contributed by atoms with Crippen LogP contribution in [0.3, 0.4) is 0 Å². The molecule has 33 heavy (non-hydrogen) atoms. The van der Waals surface area contributed by atoms with Crippen LogP contribution < -0.4 is 15.9 Å². The molecule has 4 aromatic carbocycles. The maximum absolute atomic E-state index is 6.31. The van der Waals surface area contributed by atoms with Gasteiger partial charge < -0.3 is 0 Å². The Morgan fingerprint density at radius 1 is 0.636 bits per heavy atom. The van der Waals surface area contributed by atoms with Crippen molar-refractivity contribution in [2.24, 2.45) is 0 Å². The Morgan fingerprint density at radius 2 is 1.00 bits per heavy atom. The van der Waals surface area contributed by atoms with E-state index in [2.05, 4.69) is 83.1 Å². The van der Waals surface area contributed by atoms with E-state index < -0.39 is 5.31 Å². The molecule has 6 heteroatoms. The van der Waals surface area contributed by atoms with E-state index in [4.69, 9.17) is 34.8 Å². The van der Waals surface area contributed by atoms with E-state index in [-0.39, 0.29) is 0 Å². The van der Waals surface area contributed by atoms with Crippen LogP contribution in [0.2, 0.25) is 15.1 Å². The summed E-state index contributed by atoms with van der Waals surface area (Å²) < 4.78 is 0. The summed E-state index contributed by atoms with van der Waals surface area (Å²) in [5, 5.41) is 3.00. The molecule has 0 spiro atoms. The molecule has 0 aliphatic rings. The normalized spacial score (nSPS) is 13.8. The van der Waals surface area contributed by atoms with Gasteiger partial charge in [0.25, 0.3) is 0 Å². The van der Waals surface area contributed by atoms with Gasteiger partial charge >= 0.3 is 225 Å². The predicted molar refractivity (Wildman–Crippen MR) is 156 cm³/mol. The van der Waals surface area contributed by atoms with E-state index >= 15 is 0 Å². The average molecular weight is 597 g/mol. The second-order valence-corrected chi connectivity index (χ2v) is 19.8. The Bertz CT molecular complexity index is 1100. The van der Waals surface area contributed by atoms with Gasteiger partial charge in [0, 0.05) is 0 Å². The van der Waals surface area contributed by atoms with Gasteiger partial charge in [-0.1, -0.05) is 0 Å². The van der Waals surface area contributed by atoms with E-state index in [0.717, 1.165) is 21.2 Å². The summed E-state index contributed by atoms with van der Waals surface area (Å²) in [7, 11) is 0. The Kier molecular flexibility index (Phi) is 7.86. The first kappa shape index (κ1) is 25.1. The first-order chi connectivity index (χ1) is 15.8. The van der Waals surface area contributed by atoms with E-state index in [1.54, 1.807) is 0 Å². The minimum absolute atomic E-state index is 0.312. The molecule has 0 saturated carbocycles. The van der Waals surface area contributed by atoms with Gasteiger partial charge in [-0.2, -0.15) is 0 Å². The molecule has 0 radical (unpaired) electrons. The molecule has 170 valence electrons. The van der Waals surface area contributed by atoms with Crippen LogP contribution in [0.5, 0.6) is 0 Å². The van der Waals surface area contributed by atoms with Crippen molar-refractivity contribution in [1.82, 2.24) is 0 Å². The summed E-state index contributed by atoms with van der Waals surface area (Å²) in [5.74, 6) is 0. The summed E-state index contributed by atoms with van der Waals surface area (Å²) in [6, 6.07) is 35.3. The zero-order valence-electron chi connectivity index (χ0n) is 18.0. The summed E-state index contributed by atoms with van der Waals surface area (Å²) >= 11 is 25.3. The van der Waals surface area contributed by atoms with Crippen LogP contribution in [0.15, 0.2) is 108 Å². The molecule has 0 saturated heterocycles. The van der Waals surface area contributed by atoms with E-state index in [9.17, 15) is 0 Å². The van der Waals surface area contributed by atoms with Gasteiger partial charge in [-0.25, -0.2) is 0 Å². The quantitative estimate of drug-likeness (QED) is 0.152. The monoisotopic (exact) mass is 594 g/mol. The van der Waals surface area contributed by atoms with Crippen molar-refractivity contribution in [2.45, 2.75) is 17.1 Å². The van der Waals surface area contributed by atoms with Crippen LogP contribution in [0.4, 0.5) is 0 Å². The fourth-order valence-corrected chi connectivity index (χ4v) is 15.4. The first-order valence-electron chi connectivity index (χ1n) is 10.5. The second kappa shape index (κ2) is 10.3. The molecule has 0 bridgehead atoms. The molecule has 0 fully saturated rings. The molecule has 0 amide bonds. The summed E-state index contributed by atoms with van der Waals surface area (Å²) in [6.45, 7) is 2.29. The van der Waals surface area contributed by atoms with E-state index in [1.807, 2.05) is 54.2 Å². The van der Waals surface area contributed by atoms with Gasteiger partial charge in [0.2, 0.25) is 0 Å². The van der Waals surface area contributed by atoms with Crippen LogP contribution in [0.1, 0.15) is 6.92 Å². The fourth-order valence-electron chi connectivity index (χ4n) is 4.27. The van der Waals surface area contributed by atoms with E-state index in [1.165, 1.54) is 20.8 Å². The van der Waals surface area contributed by atoms with Crippen molar-refractivity contribution in [3.8, 4) is 0 Å². The van der Waals surface area contributed by atoms with Crippen molar-refractivity contribution in [1.29, 1.82) is 0 Å². The third-order valence-electron chi connectivity index (χ3n) is 5.78. The molecule has 0 aromatic heterocycles. The molecule has 0 nitrogen and oxygen atoms in total. The Labute approximate surface area is 223 Å². The molecule has 0 heterocycles. The van der Waals surface area contributed by atoms with Crippen molar-refractivity contribution >= 4 is 83.3 Å². The number of hydrogen-bond donors (Lipinski definition) is 0. The van der Waals surface area contributed by atoms with Crippen LogP contribution in [0.25, 0.3) is 0 Å². The van der Waals surface area contributed by atoms with Crippen LogP contribution >= 0.6 is 67.4 Å². The molecule has 0 aliphatic heterocycles. The number of rotatable bonds is 7. The minimum atomic E-state index is -3.11. The molecule has 4 aromatic rings. The van der Waals surface area contributed by atoms with Gasteiger partial charge in [0.05, 0.1) is 0 Å². The van der Waals surface area contributed by atoms with Crippen LogP contribution in [0, 0.1) is 0 Å². The molecular formula is C27H23BrCl3PS. The second-order valence-electron chi connectivity index (χ2n) is 8.04. The molecular weight excluding hydrogens is 574 g/mol. The first-order valence-corrected chi connectivity index (χ1v) is 17.0. The SMILES string of the molecule is CC(CP(Br)(c1ccc(Cl)cc1)(c1ccc(Cl)cc1)c1ccc(Cl)cc1)Sc1ccccc1. The topological polar surface area (TPSA) is 0 Å². The van der Waals surface area contributed by atoms with Crippen molar-refractivity contribution in [3.05, 3.63) is 118 Å². The van der Waals surface area contributed by atoms with Gasteiger partial charge in [-0.3, -0.25) is 0 Å². The number of thioether (sulfide) groups is 1. The Morgan fingerprint density at radius 3 is 1.36 bits per heavy atom. The summed E-state index contributed by atoms with van der Waals surface area (Å²) in [6.07, 6.45) is 0.899. The maximum atomic E-state index is 6.31. The van der Waals surface area contributed by atoms with Gasteiger partial charge in [0.1, 0.15) is 0 Å². The molecule has 4 rings (SSSR count). The zero-order chi connectivity index (χ0) is 23.5. The van der Waals surface area contributed by atoms with Crippen molar-refractivity contribution in [3.63, 3.8) is 0 Å². The van der Waals surface area contributed by atoms with E-state index in [0.29, 0.717) is 5.25 Å². The zero-order valence-corrected chi connectivity index (χ0v) is 23.5. The average Bonchev–Trinajstić information content (AvgIpc) is 2.81. The molecule has 1 atom stereocenters. The summed E-state index contributed by atoms with van der Waals surface area (Å²) in [4.78, 5) is 1.26. The fraction of sp³-hybridized carbons (Fsp3) is 0.111. The van der Waals surface area contributed by atoms with Crippen LogP contribution in [-0.4, -0.2) is 11.4 Å². The Balaban J connectivity index is 1.96. The summed E-state index contributed by atoms with van der Waals surface area (Å²) in [5.41, 5.74) is 0. The van der Waals surface area contributed by atoms with Gasteiger partial charge in [0.15, 0.2) is 0 Å². The van der Waals surface area contributed by atoms with Gasteiger partial charge in [-0.05, 0) is 0 Å². The number of benzene rings is 4. The molecule has 1 unspecified atom stereocenters.